The van der Waals surface area contributed by atoms with E-state index in [0.717, 1.165) is 27.1 Å². The molecular weight excluding hydrogens is 288 g/mol. The highest BCUT2D eigenvalue weighted by Crippen LogP contribution is 2.23. The van der Waals surface area contributed by atoms with Crippen molar-refractivity contribution in [2.75, 3.05) is 0 Å². The first-order chi connectivity index (χ1) is 7.63. The van der Waals surface area contributed by atoms with Crippen LogP contribution in [0.15, 0.2) is 29.0 Å². The van der Waals surface area contributed by atoms with Crippen LogP contribution in [0.25, 0.3) is 5.69 Å². The Bertz CT molecular complexity index is 520. The number of alkyl halides is 1. The number of benzene rings is 1. The summed E-state index contributed by atoms with van der Waals surface area (Å²) in [6.45, 7) is 4.07. The molecular formula is C12H12BrClN2. The number of aryl methyl sites for hydroxylation is 1. The molecule has 0 saturated carbocycles. The molecule has 4 heteroatoms. The molecule has 2 aromatic rings. The lowest BCUT2D eigenvalue weighted by Crippen LogP contribution is -1.96. The Hall–Kier alpha value is -0.800. The van der Waals surface area contributed by atoms with Crippen molar-refractivity contribution in [2.45, 2.75) is 19.7 Å². The fraction of sp³-hybridized carbons (Fsp3) is 0.250. The molecule has 0 aliphatic carbocycles. The molecule has 0 bridgehead atoms. The summed E-state index contributed by atoms with van der Waals surface area (Å²) >= 11 is 9.33. The maximum atomic E-state index is 5.82. The molecule has 2 rings (SSSR count). The molecule has 0 fully saturated rings. The first-order valence-corrected chi connectivity index (χ1v) is 6.31. The fourth-order valence-electron chi connectivity index (χ4n) is 1.55. The van der Waals surface area contributed by atoms with E-state index in [-0.39, 0.29) is 0 Å². The van der Waals surface area contributed by atoms with E-state index in [9.17, 15) is 0 Å². The van der Waals surface area contributed by atoms with Crippen LogP contribution in [0.5, 0.6) is 0 Å². The Kier molecular flexibility index (Phi) is 3.36. The van der Waals surface area contributed by atoms with Gasteiger partial charge in [-0.15, -0.1) is 11.6 Å². The third-order valence-electron chi connectivity index (χ3n) is 2.71. The van der Waals surface area contributed by atoms with Crippen molar-refractivity contribution in [3.8, 4) is 5.69 Å². The van der Waals surface area contributed by atoms with Gasteiger partial charge in [0.05, 0.1) is 12.0 Å². The van der Waals surface area contributed by atoms with Crippen LogP contribution >= 0.6 is 27.5 Å². The van der Waals surface area contributed by atoms with Crippen LogP contribution in [0.3, 0.4) is 0 Å². The SMILES string of the molecule is Cc1ncn(-c2ccc(CCl)c(Br)c2)c1C. The largest absolute Gasteiger partial charge is 0.303 e. The van der Waals surface area contributed by atoms with Gasteiger partial charge in [-0.2, -0.15) is 0 Å². The van der Waals surface area contributed by atoms with Gasteiger partial charge < -0.3 is 4.57 Å². The van der Waals surface area contributed by atoms with E-state index in [0.29, 0.717) is 5.88 Å². The van der Waals surface area contributed by atoms with Crippen LogP contribution in [0.4, 0.5) is 0 Å². The third-order valence-corrected chi connectivity index (χ3v) is 3.74. The molecule has 0 radical (unpaired) electrons. The summed E-state index contributed by atoms with van der Waals surface area (Å²) in [5, 5.41) is 0. The maximum absolute atomic E-state index is 5.82. The second-order valence-electron chi connectivity index (χ2n) is 3.69. The second-order valence-corrected chi connectivity index (χ2v) is 4.82. The molecule has 1 aromatic carbocycles. The van der Waals surface area contributed by atoms with Crippen molar-refractivity contribution >= 4 is 27.5 Å². The number of hydrogen-bond donors (Lipinski definition) is 0. The summed E-state index contributed by atoms with van der Waals surface area (Å²) in [4.78, 5) is 4.29. The van der Waals surface area contributed by atoms with Crippen LogP contribution in [0, 0.1) is 13.8 Å². The zero-order valence-corrected chi connectivity index (χ0v) is 11.5. The molecule has 1 heterocycles. The van der Waals surface area contributed by atoms with Crippen LogP contribution in [-0.4, -0.2) is 9.55 Å². The van der Waals surface area contributed by atoms with Gasteiger partial charge in [-0.25, -0.2) is 4.98 Å². The van der Waals surface area contributed by atoms with Crippen molar-refractivity contribution in [1.29, 1.82) is 0 Å². The van der Waals surface area contributed by atoms with E-state index in [2.05, 4.69) is 44.5 Å². The average Bonchev–Trinajstić information content (AvgIpc) is 2.60. The van der Waals surface area contributed by atoms with Crippen LogP contribution < -0.4 is 0 Å². The van der Waals surface area contributed by atoms with E-state index in [1.54, 1.807) is 0 Å². The Labute approximate surface area is 108 Å². The van der Waals surface area contributed by atoms with Crippen molar-refractivity contribution in [3.63, 3.8) is 0 Å². The molecule has 0 atom stereocenters. The second kappa shape index (κ2) is 4.60. The van der Waals surface area contributed by atoms with Gasteiger partial charge in [0.25, 0.3) is 0 Å². The smallest absolute Gasteiger partial charge is 0.0997 e. The number of rotatable bonds is 2. The minimum Gasteiger partial charge on any atom is -0.303 e. The summed E-state index contributed by atoms with van der Waals surface area (Å²) in [6.07, 6.45) is 1.84. The molecule has 0 unspecified atom stereocenters. The lowest BCUT2D eigenvalue weighted by Gasteiger charge is -2.08. The van der Waals surface area contributed by atoms with Gasteiger partial charge in [0, 0.05) is 21.7 Å². The van der Waals surface area contributed by atoms with Gasteiger partial charge in [0.1, 0.15) is 0 Å². The molecule has 0 saturated heterocycles. The number of imidazole rings is 1. The molecule has 16 heavy (non-hydrogen) atoms. The minimum atomic E-state index is 0.517. The zero-order valence-electron chi connectivity index (χ0n) is 9.17. The highest BCUT2D eigenvalue weighted by Gasteiger charge is 2.06. The van der Waals surface area contributed by atoms with Gasteiger partial charge in [0.2, 0.25) is 0 Å². The van der Waals surface area contributed by atoms with Crippen LogP contribution in [0.2, 0.25) is 0 Å². The number of aromatic nitrogens is 2. The lowest BCUT2D eigenvalue weighted by molar-refractivity contribution is 0.997. The quantitative estimate of drug-likeness (QED) is 0.767. The number of nitrogens with zero attached hydrogens (tertiary/aromatic N) is 2. The summed E-state index contributed by atoms with van der Waals surface area (Å²) < 4.78 is 3.10. The van der Waals surface area contributed by atoms with Gasteiger partial charge in [-0.3, -0.25) is 0 Å². The number of hydrogen-bond acceptors (Lipinski definition) is 1. The molecule has 2 nitrogen and oxygen atoms in total. The van der Waals surface area contributed by atoms with Crippen molar-refractivity contribution in [3.05, 3.63) is 46.0 Å². The molecule has 0 aliphatic rings. The fourth-order valence-corrected chi connectivity index (χ4v) is 2.45. The topological polar surface area (TPSA) is 17.8 Å². The highest BCUT2D eigenvalue weighted by atomic mass is 79.9. The first kappa shape index (κ1) is 11.7. The van der Waals surface area contributed by atoms with E-state index in [1.165, 1.54) is 0 Å². The summed E-state index contributed by atoms with van der Waals surface area (Å²) in [5.41, 5.74) is 4.40. The Balaban J connectivity index is 2.49. The van der Waals surface area contributed by atoms with Gasteiger partial charge in [-0.05, 0) is 31.5 Å². The van der Waals surface area contributed by atoms with E-state index >= 15 is 0 Å². The number of halogens is 2. The van der Waals surface area contributed by atoms with E-state index in [1.807, 2.05) is 19.3 Å². The first-order valence-electron chi connectivity index (χ1n) is 4.99. The van der Waals surface area contributed by atoms with Gasteiger partial charge >= 0.3 is 0 Å². The van der Waals surface area contributed by atoms with Crippen LogP contribution in [-0.2, 0) is 5.88 Å². The Morgan fingerprint density at radius 1 is 1.38 bits per heavy atom. The van der Waals surface area contributed by atoms with Gasteiger partial charge in [-0.1, -0.05) is 22.0 Å². The Morgan fingerprint density at radius 2 is 2.12 bits per heavy atom. The zero-order chi connectivity index (χ0) is 11.7. The molecule has 84 valence electrons. The standard InChI is InChI=1S/C12H12BrClN2/c1-8-9(2)16(7-15-8)11-4-3-10(6-14)12(13)5-11/h3-5,7H,6H2,1-2H3. The molecule has 0 amide bonds. The molecule has 0 N–H and O–H groups in total. The van der Waals surface area contributed by atoms with Gasteiger partial charge in [0.15, 0.2) is 0 Å². The summed E-state index contributed by atoms with van der Waals surface area (Å²) in [6, 6.07) is 6.14. The summed E-state index contributed by atoms with van der Waals surface area (Å²) in [5.74, 6) is 0.517. The predicted octanol–water partition coefficient (Wildman–Crippen LogP) is 3.99. The Morgan fingerprint density at radius 3 is 2.62 bits per heavy atom. The summed E-state index contributed by atoms with van der Waals surface area (Å²) in [7, 11) is 0. The predicted molar refractivity (Wildman–Crippen MR) is 70.3 cm³/mol. The maximum Gasteiger partial charge on any atom is 0.0997 e. The minimum absolute atomic E-state index is 0.517. The third kappa shape index (κ3) is 2.02. The van der Waals surface area contributed by atoms with Crippen molar-refractivity contribution in [1.82, 2.24) is 9.55 Å². The molecule has 1 aromatic heterocycles. The van der Waals surface area contributed by atoms with E-state index in [4.69, 9.17) is 11.6 Å². The normalized spacial score (nSPS) is 10.8. The van der Waals surface area contributed by atoms with Crippen LogP contribution in [0.1, 0.15) is 17.0 Å². The molecule has 0 spiro atoms. The van der Waals surface area contributed by atoms with Crippen molar-refractivity contribution < 1.29 is 0 Å². The monoisotopic (exact) mass is 298 g/mol. The average molecular weight is 300 g/mol. The molecule has 0 aliphatic heterocycles. The van der Waals surface area contributed by atoms with Crippen molar-refractivity contribution in [2.24, 2.45) is 0 Å². The lowest BCUT2D eigenvalue weighted by atomic mass is 10.2. The highest BCUT2D eigenvalue weighted by molar-refractivity contribution is 9.10. The van der Waals surface area contributed by atoms with E-state index < -0.39 is 0 Å².